The quantitative estimate of drug-likeness (QED) is 0.778. The molecule has 0 fully saturated rings. The van der Waals surface area contributed by atoms with E-state index in [2.05, 4.69) is 10.1 Å². The van der Waals surface area contributed by atoms with Crippen LogP contribution in [0.2, 0.25) is 5.15 Å². The zero-order valence-electron chi connectivity index (χ0n) is 8.45. The number of rotatable bonds is 2. The van der Waals surface area contributed by atoms with Gasteiger partial charge < -0.3 is 0 Å². The Hall–Kier alpha value is -1.56. The molecule has 0 saturated carbocycles. The first kappa shape index (κ1) is 11.9. The van der Waals surface area contributed by atoms with Crippen LogP contribution in [0.3, 0.4) is 0 Å². The first-order chi connectivity index (χ1) is 7.97. The van der Waals surface area contributed by atoms with Crippen LogP contribution in [0.5, 0.6) is 0 Å². The van der Waals surface area contributed by atoms with Crippen molar-refractivity contribution in [3.63, 3.8) is 0 Å². The van der Waals surface area contributed by atoms with Gasteiger partial charge in [0.1, 0.15) is 5.15 Å². The van der Waals surface area contributed by atoms with Crippen molar-refractivity contribution in [3.8, 4) is 0 Å². The van der Waals surface area contributed by atoms with E-state index < -0.39 is 11.9 Å². The predicted octanol–water partition coefficient (Wildman–Crippen LogP) is 3.00. The molecule has 0 atom stereocenters. The van der Waals surface area contributed by atoms with Crippen molar-refractivity contribution in [2.75, 3.05) is 0 Å². The third-order valence-electron chi connectivity index (χ3n) is 2.10. The van der Waals surface area contributed by atoms with Gasteiger partial charge in [0.25, 0.3) is 0 Å². The van der Waals surface area contributed by atoms with Crippen LogP contribution < -0.4 is 0 Å². The Morgan fingerprint density at radius 3 is 2.65 bits per heavy atom. The van der Waals surface area contributed by atoms with E-state index in [1.807, 2.05) is 0 Å². The molecule has 0 aliphatic heterocycles. The largest absolute Gasteiger partial charge is 0.435 e. The maximum absolute atomic E-state index is 12.3. The zero-order chi connectivity index (χ0) is 12.5. The number of hydrogen-bond acceptors (Lipinski definition) is 2. The second-order valence-corrected chi connectivity index (χ2v) is 3.71. The van der Waals surface area contributed by atoms with E-state index in [1.165, 1.54) is 17.1 Å². The number of alkyl halides is 3. The highest BCUT2D eigenvalue weighted by Crippen LogP contribution is 2.27. The number of halogens is 4. The summed E-state index contributed by atoms with van der Waals surface area (Å²) >= 11 is 5.80. The van der Waals surface area contributed by atoms with Crippen LogP contribution in [-0.4, -0.2) is 14.8 Å². The van der Waals surface area contributed by atoms with E-state index in [1.54, 1.807) is 12.1 Å². The smallest absolute Gasteiger partial charge is 0.268 e. The van der Waals surface area contributed by atoms with E-state index in [9.17, 15) is 13.2 Å². The molecule has 2 heterocycles. The fourth-order valence-corrected chi connectivity index (χ4v) is 1.49. The summed E-state index contributed by atoms with van der Waals surface area (Å²) in [6, 6.07) is 4.27. The average molecular weight is 262 g/mol. The van der Waals surface area contributed by atoms with E-state index >= 15 is 0 Å². The van der Waals surface area contributed by atoms with Crippen LogP contribution in [0.4, 0.5) is 13.2 Å². The third kappa shape index (κ3) is 2.76. The van der Waals surface area contributed by atoms with Gasteiger partial charge in [0, 0.05) is 18.0 Å². The molecular formula is C10H7ClF3N3. The van der Waals surface area contributed by atoms with Gasteiger partial charge in [0.2, 0.25) is 0 Å². The topological polar surface area (TPSA) is 30.7 Å². The third-order valence-corrected chi connectivity index (χ3v) is 2.44. The molecule has 90 valence electrons. The fourth-order valence-electron chi connectivity index (χ4n) is 1.31. The van der Waals surface area contributed by atoms with Gasteiger partial charge in [0.15, 0.2) is 5.69 Å². The molecule has 2 aromatic rings. The summed E-state index contributed by atoms with van der Waals surface area (Å²) in [5.74, 6) is 0. The van der Waals surface area contributed by atoms with Crippen molar-refractivity contribution in [3.05, 3.63) is 47.0 Å². The molecule has 0 N–H and O–H groups in total. The molecule has 2 aromatic heterocycles. The van der Waals surface area contributed by atoms with Crippen LogP contribution in [0, 0.1) is 0 Å². The maximum atomic E-state index is 12.3. The Labute approximate surface area is 99.8 Å². The fraction of sp³-hybridized carbons (Fsp3) is 0.200. The van der Waals surface area contributed by atoms with Gasteiger partial charge in [-0.05, 0) is 12.1 Å². The van der Waals surface area contributed by atoms with E-state index in [4.69, 9.17) is 11.6 Å². The average Bonchev–Trinajstić information content (AvgIpc) is 2.69. The van der Waals surface area contributed by atoms with Crippen molar-refractivity contribution < 1.29 is 13.2 Å². The molecule has 0 spiro atoms. The van der Waals surface area contributed by atoms with Crippen molar-refractivity contribution in [1.82, 2.24) is 14.8 Å². The van der Waals surface area contributed by atoms with Crippen LogP contribution in [0.25, 0.3) is 0 Å². The van der Waals surface area contributed by atoms with Gasteiger partial charge in [-0.2, -0.15) is 18.3 Å². The molecule has 0 amide bonds. The highest BCUT2D eigenvalue weighted by Gasteiger charge is 2.33. The standard InChI is InChI=1S/C10H7ClF3N3/c11-9-7(2-1-4-15-9)6-17-5-3-8(16-17)10(12,13)14/h1-5H,6H2. The molecular weight excluding hydrogens is 255 g/mol. The van der Waals surface area contributed by atoms with E-state index in [-0.39, 0.29) is 11.7 Å². The summed E-state index contributed by atoms with van der Waals surface area (Å²) in [6.45, 7) is 0.156. The Kier molecular flexibility index (Phi) is 3.06. The highest BCUT2D eigenvalue weighted by atomic mass is 35.5. The Balaban J connectivity index is 2.21. The number of nitrogens with zero attached hydrogens (tertiary/aromatic N) is 3. The predicted molar refractivity (Wildman–Crippen MR) is 55.6 cm³/mol. The molecule has 3 nitrogen and oxygen atoms in total. The molecule has 0 radical (unpaired) electrons. The first-order valence-electron chi connectivity index (χ1n) is 4.67. The van der Waals surface area contributed by atoms with Crippen molar-refractivity contribution >= 4 is 11.6 Å². The molecule has 2 rings (SSSR count). The van der Waals surface area contributed by atoms with Crippen LogP contribution in [-0.2, 0) is 12.7 Å². The molecule has 0 unspecified atom stereocenters. The van der Waals surface area contributed by atoms with Gasteiger partial charge in [0.05, 0.1) is 6.54 Å². The van der Waals surface area contributed by atoms with Crippen molar-refractivity contribution in [2.45, 2.75) is 12.7 Å². The second kappa shape index (κ2) is 4.37. The molecule has 0 aliphatic rings. The minimum absolute atomic E-state index is 0.156. The van der Waals surface area contributed by atoms with E-state index in [0.29, 0.717) is 5.56 Å². The van der Waals surface area contributed by atoms with Gasteiger partial charge >= 0.3 is 6.18 Å². The second-order valence-electron chi connectivity index (χ2n) is 3.35. The number of pyridine rings is 1. The van der Waals surface area contributed by atoms with Gasteiger partial charge in [-0.25, -0.2) is 4.98 Å². The minimum atomic E-state index is -4.43. The SMILES string of the molecule is FC(F)(F)c1ccn(Cc2cccnc2Cl)n1. The molecule has 0 aliphatic carbocycles. The summed E-state index contributed by atoms with van der Waals surface area (Å²) in [5.41, 5.74) is -0.302. The summed E-state index contributed by atoms with van der Waals surface area (Å²) in [7, 11) is 0. The lowest BCUT2D eigenvalue weighted by Gasteiger charge is -2.04. The van der Waals surface area contributed by atoms with Gasteiger partial charge in [-0.15, -0.1) is 0 Å². The van der Waals surface area contributed by atoms with Crippen molar-refractivity contribution in [1.29, 1.82) is 0 Å². The highest BCUT2D eigenvalue weighted by molar-refractivity contribution is 6.30. The molecule has 7 heteroatoms. The van der Waals surface area contributed by atoms with E-state index in [0.717, 1.165) is 6.07 Å². The lowest BCUT2D eigenvalue weighted by molar-refractivity contribution is -0.141. The summed E-state index contributed by atoms with van der Waals surface area (Å²) in [5, 5.41) is 3.68. The lowest BCUT2D eigenvalue weighted by Crippen LogP contribution is -2.08. The molecule has 0 aromatic carbocycles. The Morgan fingerprint density at radius 1 is 1.29 bits per heavy atom. The van der Waals surface area contributed by atoms with Gasteiger partial charge in [-0.1, -0.05) is 17.7 Å². The molecule has 0 saturated heterocycles. The minimum Gasteiger partial charge on any atom is -0.268 e. The van der Waals surface area contributed by atoms with Crippen LogP contribution in [0.1, 0.15) is 11.3 Å². The number of hydrogen-bond donors (Lipinski definition) is 0. The number of aromatic nitrogens is 3. The summed E-state index contributed by atoms with van der Waals surface area (Å²) in [4.78, 5) is 3.83. The lowest BCUT2D eigenvalue weighted by atomic mass is 10.3. The Morgan fingerprint density at radius 2 is 2.06 bits per heavy atom. The Bertz CT molecular complexity index is 522. The van der Waals surface area contributed by atoms with Crippen LogP contribution in [0.15, 0.2) is 30.6 Å². The normalized spacial score (nSPS) is 11.8. The van der Waals surface area contributed by atoms with Gasteiger partial charge in [-0.3, -0.25) is 4.68 Å². The zero-order valence-corrected chi connectivity index (χ0v) is 9.20. The summed E-state index contributed by atoms with van der Waals surface area (Å²) in [6.07, 6.45) is -1.66. The molecule has 17 heavy (non-hydrogen) atoms. The monoisotopic (exact) mass is 261 g/mol. The molecule has 0 bridgehead atoms. The summed E-state index contributed by atoms with van der Waals surface area (Å²) < 4.78 is 38.1. The maximum Gasteiger partial charge on any atom is 0.435 e. The van der Waals surface area contributed by atoms with Crippen LogP contribution >= 0.6 is 11.6 Å². The first-order valence-corrected chi connectivity index (χ1v) is 5.04. The van der Waals surface area contributed by atoms with Crippen molar-refractivity contribution in [2.24, 2.45) is 0 Å².